The molecule has 6 nitrogen and oxygen atoms in total. The lowest BCUT2D eigenvalue weighted by molar-refractivity contribution is 0.275. The summed E-state index contributed by atoms with van der Waals surface area (Å²) in [4.78, 5) is 0. The summed E-state index contributed by atoms with van der Waals surface area (Å²) in [6.07, 6.45) is 3.39. The molecule has 0 aliphatic heterocycles. The van der Waals surface area contributed by atoms with Crippen molar-refractivity contribution < 1.29 is 9.84 Å². The summed E-state index contributed by atoms with van der Waals surface area (Å²) in [5.74, 6) is 1.11. The number of nitrogens with zero attached hydrogens (tertiary/aromatic N) is 4. The van der Waals surface area contributed by atoms with E-state index in [2.05, 4.69) is 10.2 Å². The molecule has 0 radical (unpaired) electrons. The maximum atomic E-state index is 9.59. The van der Waals surface area contributed by atoms with E-state index in [0.29, 0.717) is 17.2 Å². The van der Waals surface area contributed by atoms with Gasteiger partial charge in [0.2, 0.25) is 5.88 Å². The number of para-hydroxylation sites is 1. The third kappa shape index (κ3) is 2.53. The van der Waals surface area contributed by atoms with Gasteiger partial charge in [-0.3, -0.25) is 4.68 Å². The number of aromatic nitrogens is 4. The van der Waals surface area contributed by atoms with Gasteiger partial charge in [-0.15, -0.1) is 0 Å². The van der Waals surface area contributed by atoms with Crippen molar-refractivity contribution in [3.8, 4) is 17.3 Å². The topological polar surface area (TPSA) is 65.1 Å². The molecule has 0 spiro atoms. The highest BCUT2D eigenvalue weighted by Crippen LogP contribution is 2.30. The standard InChI is InChI=1S/C15H16N4O2/c1-11-14(10-20)15(21-13-8-16-18(2)9-13)19(17-11)12-6-4-3-5-7-12/h3-9,20H,10H2,1-2H3. The van der Waals surface area contributed by atoms with E-state index in [1.165, 1.54) is 0 Å². The van der Waals surface area contributed by atoms with Crippen LogP contribution in [0.1, 0.15) is 11.3 Å². The quantitative estimate of drug-likeness (QED) is 0.797. The highest BCUT2D eigenvalue weighted by Gasteiger charge is 2.18. The minimum absolute atomic E-state index is 0.131. The van der Waals surface area contributed by atoms with Crippen LogP contribution in [0.2, 0.25) is 0 Å². The number of aryl methyl sites for hydroxylation is 2. The van der Waals surface area contributed by atoms with Crippen LogP contribution in [0, 0.1) is 6.92 Å². The molecule has 0 atom stereocenters. The lowest BCUT2D eigenvalue weighted by Gasteiger charge is -2.08. The van der Waals surface area contributed by atoms with Gasteiger partial charge in [0.1, 0.15) is 0 Å². The van der Waals surface area contributed by atoms with Gasteiger partial charge in [0, 0.05) is 7.05 Å². The number of aliphatic hydroxyl groups is 1. The molecule has 0 unspecified atom stereocenters. The summed E-state index contributed by atoms with van der Waals surface area (Å²) in [5, 5.41) is 18.1. The zero-order valence-corrected chi connectivity index (χ0v) is 11.9. The van der Waals surface area contributed by atoms with Gasteiger partial charge < -0.3 is 9.84 Å². The van der Waals surface area contributed by atoms with Crippen molar-refractivity contribution in [1.29, 1.82) is 0 Å². The van der Waals surface area contributed by atoms with Gasteiger partial charge in [0.05, 0.1) is 35.9 Å². The normalized spacial score (nSPS) is 10.8. The highest BCUT2D eigenvalue weighted by atomic mass is 16.5. The molecule has 0 fully saturated rings. The van der Waals surface area contributed by atoms with Crippen molar-refractivity contribution in [2.24, 2.45) is 7.05 Å². The minimum Gasteiger partial charge on any atom is -0.435 e. The van der Waals surface area contributed by atoms with Crippen LogP contribution in [-0.2, 0) is 13.7 Å². The van der Waals surface area contributed by atoms with Gasteiger partial charge >= 0.3 is 0 Å². The SMILES string of the molecule is Cc1nn(-c2ccccc2)c(Oc2cnn(C)c2)c1CO. The summed E-state index contributed by atoms with van der Waals surface area (Å²) in [6.45, 7) is 1.72. The fraction of sp³-hybridized carbons (Fsp3) is 0.200. The number of aliphatic hydroxyl groups excluding tert-OH is 1. The maximum Gasteiger partial charge on any atom is 0.228 e. The molecule has 1 aromatic carbocycles. The molecule has 0 amide bonds. The molecule has 2 aromatic heterocycles. The first kappa shape index (κ1) is 13.4. The molecule has 0 bridgehead atoms. The van der Waals surface area contributed by atoms with E-state index < -0.39 is 0 Å². The van der Waals surface area contributed by atoms with E-state index in [9.17, 15) is 5.11 Å². The number of rotatable bonds is 4. The number of ether oxygens (including phenoxy) is 1. The monoisotopic (exact) mass is 284 g/mol. The van der Waals surface area contributed by atoms with Crippen molar-refractivity contribution in [2.45, 2.75) is 13.5 Å². The largest absolute Gasteiger partial charge is 0.435 e. The van der Waals surface area contributed by atoms with Crippen LogP contribution in [-0.4, -0.2) is 24.7 Å². The van der Waals surface area contributed by atoms with Crippen molar-refractivity contribution in [3.05, 3.63) is 54.0 Å². The fourth-order valence-electron chi connectivity index (χ4n) is 2.13. The Labute approximate surface area is 122 Å². The Morgan fingerprint density at radius 2 is 2.00 bits per heavy atom. The Bertz CT molecular complexity index is 746. The second-order valence-corrected chi connectivity index (χ2v) is 4.73. The Morgan fingerprint density at radius 3 is 2.62 bits per heavy atom. The molecule has 0 aliphatic rings. The van der Waals surface area contributed by atoms with E-state index in [4.69, 9.17) is 4.74 Å². The molecule has 0 saturated heterocycles. The molecule has 21 heavy (non-hydrogen) atoms. The number of benzene rings is 1. The lowest BCUT2D eigenvalue weighted by Crippen LogP contribution is -2.00. The van der Waals surface area contributed by atoms with Gasteiger partial charge in [-0.1, -0.05) is 18.2 Å². The molecule has 2 heterocycles. The van der Waals surface area contributed by atoms with Gasteiger partial charge in [-0.25, -0.2) is 4.68 Å². The summed E-state index contributed by atoms with van der Waals surface area (Å²) < 4.78 is 9.23. The van der Waals surface area contributed by atoms with Gasteiger partial charge in [-0.05, 0) is 19.1 Å². The van der Waals surface area contributed by atoms with E-state index in [1.54, 1.807) is 21.8 Å². The summed E-state index contributed by atoms with van der Waals surface area (Å²) in [7, 11) is 1.82. The maximum absolute atomic E-state index is 9.59. The fourth-order valence-corrected chi connectivity index (χ4v) is 2.13. The van der Waals surface area contributed by atoms with Crippen molar-refractivity contribution >= 4 is 0 Å². The van der Waals surface area contributed by atoms with E-state index in [0.717, 1.165) is 11.4 Å². The summed E-state index contributed by atoms with van der Waals surface area (Å²) in [5.41, 5.74) is 2.28. The summed E-state index contributed by atoms with van der Waals surface area (Å²) in [6, 6.07) is 9.67. The highest BCUT2D eigenvalue weighted by molar-refractivity contribution is 5.42. The average Bonchev–Trinajstić information content (AvgIpc) is 3.04. The van der Waals surface area contributed by atoms with E-state index >= 15 is 0 Å². The third-order valence-corrected chi connectivity index (χ3v) is 3.19. The van der Waals surface area contributed by atoms with Crippen LogP contribution >= 0.6 is 0 Å². The first-order valence-electron chi connectivity index (χ1n) is 6.60. The molecule has 1 N–H and O–H groups in total. The molecular formula is C15H16N4O2. The Hall–Kier alpha value is -2.60. The van der Waals surface area contributed by atoms with Crippen molar-refractivity contribution in [1.82, 2.24) is 19.6 Å². The van der Waals surface area contributed by atoms with Crippen LogP contribution in [0.15, 0.2) is 42.7 Å². The third-order valence-electron chi connectivity index (χ3n) is 3.19. The Balaban J connectivity index is 2.08. The second-order valence-electron chi connectivity index (χ2n) is 4.73. The van der Waals surface area contributed by atoms with Gasteiger partial charge in [0.15, 0.2) is 5.75 Å². The molecule has 3 aromatic rings. The number of hydrogen-bond acceptors (Lipinski definition) is 4. The molecular weight excluding hydrogens is 268 g/mol. The zero-order chi connectivity index (χ0) is 14.8. The van der Waals surface area contributed by atoms with Crippen molar-refractivity contribution in [2.75, 3.05) is 0 Å². The van der Waals surface area contributed by atoms with Crippen LogP contribution in [0.25, 0.3) is 5.69 Å². The van der Waals surface area contributed by atoms with Crippen LogP contribution < -0.4 is 4.74 Å². The van der Waals surface area contributed by atoms with Crippen LogP contribution in [0.3, 0.4) is 0 Å². The van der Waals surface area contributed by atoms with E-state index in [-0.39, 0.29) is 6.61 Å². The average molecular weight is 284 g/mol. The van der Waals surface area contributed by atoms with Gasteiger partial charge in [0.25, 0.3) is 0 Å². The predicted octanol–water partition coefficient (Wildman–Crippen LogP) is 2.20. The number of hydrogen-bond donors (Lipinski definition) is 1. The minimum atomic E-state index is -0.131. The predicted molar refractivity (Wildman–Crippen MR) is 77.5 cm³/mol. The first-order chi connectivity index (χ1) is 10.2. The molecule has 0 saturated carbocycles. The van der Waals surface area contributed by atoms with E-state index in [1.807, 2.05) is 44.3 Å². The molecule has 108 valence electrons. The van der Waals surface area contributed by atoms with Gasteiger partial charge in [-0.2, -0.15) is 10.2 Å². The Morgan fingerprint density at radius 1 is 1.24 bits per heavy atom. The Kier molecular flexibility index (Phi) is 3.45. The zero-order valence-electron chi connectivity index (χ0n) is 11.9. The molecule has 0 aliphatic carbocycles. The first-order valence-corrected chi connectivity index (χ1v) is 6.60. The second kappa shape index (κ2) is 5.41. The summed E-state index contributed by atoms with van der Waals surface area (Å²) >= 11 is 0. The van der Waals surface area contributed by atoms with Crippen molar-refractivity contribution in [3.63, 3.8) is 0 Å². The molecule has 6 heteroatoms. The lowest BCUT2D eigenvalue weighted by atomic mass is 10.2. The van der Waals surface area contributed by atoms with Crippen LogP contribution in [0.4, 0.5) is 0 Å². The molecule has 3 rings (SSSR count). The van der Waals surface area contributed by atoms with Crippen LogP contribution in [0.5, 0.6) is 11.6 Å². The smallest absolute Gasteiger partial charge is 0.228 e.